The summed E-state index contributed by atoms with van der Waals surface area (Å²) in [5.74, 6) is 0.109. The maximum Gasteiger partial charge on any atom is 0.332 e. The van der Waals surface area contributed by atoms with Gasteiger partial charge in [-0.2, -0.15) is 0 Å². The Balaban J connectivity index is 2.38. The van der Waals surface area contributed by atoms with E-state index in [4.69, 9.17) is 10.5 Å². The fourth-order valence-corrected chi connectivity index (χ4v) is 2.64. The molecule has 26 heavy (non-hydrogen) atoms. The molecule has 0 amide bonds. The van der Waals surface area contributed by atoms with Gasteiger partial charge in [-0.1, -0.05) is 26.0 Å². The highest BCUT2D eigenvalue weighted by Gasteiger charge is 2.21. The summed E-state index contributed by atoms with van der Waals surface area (Å²) in [4.78, 5) is 37.4. The smallest absolute Gasteiger partial charge is 0.332 e. The van der Waals surface area contributed by atoms with Crippen molar-refractivity contribution >= 4 is 17.3 Å². The van der Waals surface area contributed by atoms with E-state index < -0.39 is 17.0 Å². The van der Waals surface area contributed by atoms with Crippen LogP contribution < -0.4 is 27.0 Å². The van der Waals surface area contributed by atoms with Gasteiger partial charge < -0.3 is 15.8 Å². The summed E-state index contributed by atoms with van der Waals surface area (Å²) < 4.78 is 7.40. The van der Waals surface area contributed by atoms with Gasteiger partial charge in [-0.05, 0) is 18.1 Å². The molecule has 2 aromatic rings. The number of nitrogens with zero attached hydrogens (tertiary/aromatic N) is 2. The first-order valence-electron chi connectivity index (χ1n) is 8.27. The lowest BCUT2D eigenvalue weighted by Gasteiger charge is -2.16. The number of Topliss-reactive ketones (excluding diaryl/α,β-unsaturated/α-hetero) is 1. The molecule has 0 aliphatic heterocycles. The highest BCUT2D eigenvalue weighted by Crippen LogP contribution is 2.22. The van der Waals surface area contributed by atoms with Gasteiger partial charge >= 0.3 is 5.69 Å². The van der Waals surface area contributed by atoms with Crippen LogP contribution in [0, 0.1) is 5.92 Å². The summed E-state index contributed by atoms with van der Waals surface area (Å²) >= 11 is 0. The van der Waals surface area contributed by atoms with Crippen LogP contribution >= 0.6 is 0 Å². The number of carbonyl (C=O) groups is 1. The fourth-order valence-electron chi connectivity index (χ4n) is 2.64. The number of carbonyl (C=O) groups excluding carboxylic acids is 1. The molecule has 0 aliphatic rings. The zero-order valence-electron chi connectivity index (χ0n) is 15.4. The number of anilines is 2. The standard InChI is InChI=1S/C18H24N4O4/c1-11(2)10-22-16(19)15(17(24)21(3)18(22)25)13(23)9-20-12-7-5-6-8-14(12)26-4/h5-8,11,20H,9-10,19H2,1-4H3. The van der Waals surface area contributed by atoms with Crippen molar-refractivity contribution in [3.05, 3.63) is 50.7 Å². The number of nitrogens with one attached hydrogen (secondary N) is 1. The molecule has 8 heteroatoms. The van der Waals surface area contributed by atoms with Gasteiger partial charge in [0.2, 0.25) is 0 Å². The molecule has 0 aliphatic carbocycles. The number of aromatic nitrogens is 2. The van der Waals surface area contributed by atoms with Crippen molar-refractivity contribution in [3.8, 4) is 5.75 Å². The SMILES string of the molecule is COc1ccccc1NCC(=O)c1c(N)n(CC(C)C)c(=O)n(C)c1=O. The molecule has 0 fully saturated rings. The van der Waals surface area contributed by atoms with Crippen LogP contribution in [0.2, 0.25) is 0 Å². The highest BCUT2D eigenvalue weighted by molar-refractivity contribution is 6.02. The second-order valence-corrected chi connectivity index (χ2v) is 6.39. The molecule has 3 N–H and O–H groups in total. The molecule has 0 saturated carbocycles. The van der Waals surface area contributed by atoms with E-state index in [2.05, 4.69) is 5.32 Å². The van der Waals surface area contributed by atoms with Gasteiger partial charge in [0.25, 0.3) is 5.56 Å². The van der Waals surface area contributed by atoms with Gasteiger partial charge in [-0.15, -0.1) is 0 Å². The van der Waals surface area contributed by atoms with Crippen LogP contribution in [0.3, 0.4) is 0 Å². The molecule has 8 nitrogen and oxygen atoms in total. The molecule has 0 spiro atoms. The van der Waals surface area contributed by atoms with Crippen molar-refractivity contribution in [1.82, 2.24) is 9.13 Å². The van der Waals surface area contributed by atoms with Gasteiger partial charge in [-0.25, -0.2) is 4.79 Å². The first-order valence-corrected chi connectivity index (χ1v) is 8.27. The van der Waals surface area contributed by atoms with E-state index in [1.165, 1.54) is 18.7 Å². The Morgan fingerprint density at radius 2 is 1.92 bits per heavy atom. The third kappa shape index (κ3) is 3.79. The van der Waals surface area contributed by atoms with Gasteiger partial charge in [0.15, 0.2) is 5.78 Å². The summed E-state index contributed by atoms with van der Waals surface area (Å²) in [6.45, 7) is 4.00. The summed E-state index contributed by atoms with van der Waals surface area (Å²) in [6.07, 6.45) is 0. The number of benzene rings is 1. The highest BCUT2D eigenvalue weighted by atomic mass is 16.5. The van der Waals surface area contributed by atoms with E-state index in [0.29, 0.717) is 18.0 Å². The number of methoxy groups -OCH3 is 1. The first-order chi connectivity index (χ1) is 12.3. The van der Waals surface area contributed by atoms with Crippen LogP contribution in [-0.4, -0.2) is 28.6 Å². The minimum absolute atomic E-state index is 0.0985. The first kappa shape index (κ1) is 19.3. The second kappa shape index (κ2) is 7.90. The number of nitrogens with two attached hydrogens (primary N) is 1. The minimum Gasteiger partial charge on any atom is -0.495 e. The molecule has 1 aromatic carbocycles. The third-order valence-corrected chi connectivity index (χ3v) is 3.96. The molecular weight excluding hydrogens is 336 g/mol. The molecule has 0 unspecified atom stereocenters. The average Bonchev–Trinajstić information content (AvgIpc) is 2.62. The summed E-state index contributed by atoms with van der Waals surface area (Å²) in [5, 5.41) is 2.95. The van der Waals surface area contributed by atoms with Crippen molar-refractivity contribution in [2.75, 3.05) is 24.7 Å². The predicted octanol–water partition coefficient (Wildman–Crippen LogP) is 1.09. The second-order valence-electron chi connectivity index (χ2n) is 6.39. The van der Waals surface area contributed by atoms with Crippen LogP contribution in [0.15, 0.2) is 33.9 Å². The molecule has 0 bridgehead atoms. The van der Waals surface area contributed by atoms with Crippen LogP contribution in [0.4, 0.5) is 11.5 Å². The number of hydrogen-bond donors (Lipinski definition) is 2. The van der Waals surface area contributed by atoms with Crippen LogP contribution in [0.5, 0.6) is 5.75 Å². The van der Waals surface area contributed by atoms with E-state index in [0.717, 1.165) is 4.57 Å². The van der Waals surface area contributed by atoms with E-state index in [9.17, 15) is 14.4 Å². The Labute approximate surface area is 151 Å². The zero-order chi connectivity index (χ0) is 19.4. The number of para-hydroxylation sites is 2. The Kier molecular flexibility index (Phi) is 5.86. The molecular formula is C18H24N4O4. The molecule has 1 heterocycles. The van der Waals surface area contributed by atoms with Crippen molar-refractivity contribution in [2.45, 2.75) is 20.4 Å². The summed E-state index contributed by atoms with van der Waals surface area (Å²) in [7, 11) is 2.86. The van der Waals surface area contributed by atoms with E-state index in [1.54, 1.807) is 24.3 Å². The maximum atomic E-state index is 12.6. The quantitative estimate of drug-likeness (QED) is 0.716. The monoisotopic (exact) mass is 360 g/mol. The summed E-state index contributed by atoms with van der Waals surface area (Å²) in [5.41, 5.74) is 5.21. The van der Waals surface area contributed by atoms with Crippen molar-refractivity contribution < 1.29 is 9.53 Å². The van der Waals surface area contributed by atoms with Crippen LogP contribution in [0.25, 0.3) is 0 Å². The molecule has 1 aromatic heterocycles. The van der Waals surface area contributed by atoms with Gasteiger partial charge in [0, 0.05) is 13.6 Å². The average molecular weight is 360 g/mol. The van der Waals surface area contributed by atoms with Crippen molar-refractivity contribution in [2.24, 2.45) is 13.0 Å². The lowest BCUT2D eigenvalue weighted by atomic mass is 10.1. The Bertz CT molecular complexity index is 928. The Morgan fingerprint density at radius 1 is 1.27 bits per heavy atom. The fraction of sp³-hybridized carbons (Fsp3) is 0.389. The molecule has 140 valence electrons. The lowest BCUT2D eigenvalue weighted by molar-refractivity contribution is 0.100. The number of nitrogen functional groups attached to an aromatic ring is 1. The van der Waals surface area contributed by atoms with Crippen molar-refractivity contribution in [3.63, 3.8) is 0 Å². The maximum absolute atomic E-state index is 12.6. The molecule has 2 rings (SSSR count). The topological polar surface area (TPSA) is 108 Å². The van der Waals surface area contributed by atoms with E-state index in [-0.39, 0.29) is 23.8 Å². The normalized spacial score (nSPS) is 10.8. The zero-order valence-corrected chi connectivity index (χ0v) is 15.4. The van der Waals surface area contributed by atoms with Crippen LogP contribution in [0.1, 0.15) is 24.2 Å². The minimum atomic E-state index is -0.695. The summed E-state index contributed by atoms with van der Waals surface area (Å²) in [6, 6.07) is 7.11. The van der Waals surface area contributed by atoms with Gasteiger partial charge in [-0.3, -0.25) is 18.7 Å². The van der Waals surface area contributed by atoms with E-state index in [1.807, 2.05) is 13.8 Å². The Morgan fingerprint density at radius 3 is 2.54 bits per heavy atom. The number of ketones is 1. The van der Waals surface area contributed by atoms with Gasteiger partial charge in [0.1, 0.15) is 17.1 Å². The van der Waals surface area contributed by atoms with Crippen LogP contribution in [-0.2, 0) is 13.6 Å². The number of rotatable bonds is 7. The third-order valence-electron chi connectivity index (χ3n) is 3.96. The molecule has 0 atom stereocenters. The molecule has 0 saturated heterocycles. The largest absolute Gasteiger partial charge is 0.495 e. The Hall–Kier alpha value is -3.03. The van der Waals surface area contributed by atoms with Gasteiger partial charge in [0.05, 0.1) is 19.3 Å². The van der Waals surface area contributed by atoms with Crippen molar-refractivity contribution in [1.29, 1.82) is 0 Å². The van der Waals surface area contributed by atoms with E-state index >= 15 is 0 Å². The number of ether oxygens (including phenoxy) is 1. The number of hydrogen-bond acceptors (Lipinski definition) is 6. The lowest BCUT2D eigenvalue weighted by Crippen LogP contribution is -2.43. The predicted molar refractivity (Wildman–Crippen MR) is 101 cm³/mol. The molecule has 0 radical (unpaired) electrons.